The van der Waals surface area contributed by atoms with E-state index in [9.17, 15) is 4.79 Å². The second-order valence-electron chi connectivity index (χ2n) is 4.85. The fraction of sp³-hybridized carbons (Fsp3) is 0.538. The number of hydrogen-bond acceptors (Lipinski definition) is 3. The second kappa shape index (κ2) is 4.72. The molecule has 17 heavy (non-hydrogen) atoms. The van der Waals surface area contributed by atoms with Crippen molar-refractivity contribution in [3.8, 4) is 6.07 Å². The molecule has 1 aromatic heterocycles. The van der Waals surface area contributed by atoms with Crippen LogP contribution in [0.25, 0.3) is 0 Å². The molecule has 0 radical (unpaired) electrons. The van der Waals surface area contributed by atoms with Gasteiger partial charge in [0.1, 0.15) is 0 Å². The summed E-state index contributed by atoms with van der Waals surface area (Å²) in [5, 5.41) is 8.80. The lowest BCUT2D eigenvalue weighted by atomic mass is 9.99. The molecular formula is C13H17N3O. The van der Waals surface area contributed by atoms with E-state index in [0.717, 1.165) is 30.8 Å². The van der Waals surface area contributed by atoms with E-state index in [-0.39, 0.29) is 11.5 Å². The molecule has 0 saturated heterocycles. The molecule has 1 N–H and O–H groups in total. The summed E-state index contributed by atoms with van der Waals surface area (Å²) >= 11 is 0. The highest BCUT2D eigenvalue weighted by molar-refractivity contribution is 5.28. The average molecular weight is 231 g/mol. The van der Waals surface area contributed by atoms with Gasteiger partial charge in [-0.25, -0.2) is 0 Å². The zero-order valence-corrected chi connectivity index (χ0v) is 10.3. The maximum Gasteiger partial charge on any atom is 0.251 e. The molecule has 0 aromatic carbocycles. The monoisotopic (exact) mass is 231 g/mol. The van der Waals surface area contributed by atoms with Gasteiger partial charge in [0.15, 0.2) is 0 Å². The van der Waals surface area contributed by atoms with Gasteiger partial charge in [0, 0.05) is 36.7 Å². The summed E-state index contributed by atoms with van der Waals surface area (Å²) in [5.41, 5.74) is 2.95. The Morgan fingerprint density at radius 3 is 3.12 bits per heavy atom. The zero-order valence-electron chi connectivity index (χ0n) is 10.3. The summed E-state index contributed by atoms with van der Waals surface area (Å²) in [4.78, 5) is 17.0. The number of aromatic amines is 1. The minimum Gasteiger partial charge on any atom is -0.326 e. The van der Waals surface area contributed by atoms with Gasteiger partial charge in [0.2, 0.25) is 0 Å². The van der Waals surface area contributed by atoms with Crippen molar-refractivity contribution in [1.82, 2.24) is 9.88 Å². The summed E-state index contributed by atoms with van der Waals surface area (Å²) in [6.45, 7) is 3.70. The van der Waals surface area contributed by atoms with E-state index >= 15 is 0 Å². The molecule has 0 aliphatic carbocycles. The van der Waals surface area contributed by atoms with Gasteiger partial charge in [-0.2, -0.15) is 5.26 Å². The Morgan fingerprint density at radius 1 is 1.65 bits per heavy atom. The van der Waals surface area contributed by atoms with Gasteiger partial charge in [-0.1, -0.05) is 0 Å². The minimum atomic E-state index is -0.115. The molecule has 0 saturated carbocycles. The Bertz CT molecular complexity index is 512. The third-order valence-corrected chi connectivity index (χ3v) is 3.22. The summed E-state index contributed by atoms with van der Waals surface area (Å²) in [7, 11) is 2.08. The molecule has 0 spiro atoms. The van der Waals surface area contributed by atoms with Crippen LogP contribution in [-0.4, -0.2) is 23.5 Å². The Morgan fingerprint density at radius 2 is 2.41 bits per heavy atom. The van der Waals surface area contributed by atoms with Gasteiger partial charge in [0.25, 0.3) is 5.56 Å². The van der Waals surface area contributed by atoms with Crippen LogP contribution in [0.4, 0.5) is 0 Å². The molecule has 2 rings (SSSR count). The van der Waals surface area contributed by atoms with Gasteiger partial charge in [-0.3, -0.25) is 4.79 Å². The largest absolute Gasteiger partial charge is 0.326 e. The van der Waals surface area contributed by atoms with Crippen molar-refractivity contribution in [2.45, 2.75) is 26.3 Å². The maximum atomic E-state index is 11.8. The number of H-pyrrole nitrogens is 1. The number of aromatic nitrogens is 1. The summed E-state index contributed by atoms with van der Waals surface area (Å²) in [6.07, 6.45) is 1.43. The highest BCUT2D eigenvalue weighted by atomic mass is 16.1. The number of fused-ring (bicyclic) bond motifs is 1. The van der Waals surface area contributed by atoms with Crippen molar-refractivity contribution >= 4 is 0 Å². The fourth-order valence-corrected chi connectivity index (χ4v) is 2.22. The first-order valence-electron chi connectivity index (χ1n) is 5.92. The van der Waals surface area contributed by atoms with E-state index in [1.54, 1.807) is 0 Å². The maximum absolute atomic E-state index is 11.8. The summed E-state index contributed by atoms with van der Waals surface area (Å²) < 4.78 is 0. The Kier molecular flexibility index (Phi) is 3.30. The molecule has 0 fully saturated rings. The molecule has 0 bridgehead atoms. The number of nitrogens with zero attached hydrogens (tertiary/aromatic N) is 2. The molecule has 1 atom stereocenters. The van der Waals surface area contributed by atoms with Crippen LogP contribution in [0.15, 0.2) is 10.9 Å². The molecule has 90 valence electrons. The average Bonchev–Trinajstić information content (AvgIpc) is 2.30. The fourth-order valence-electron chi connectivity index (χ4n) is 2.22. The molecule has 1 aliphatic rings. The number of nitriles is 1. The third kappa shape index (κ3) is 2.56. The summed E-state index contributed by atoms with van der Waals surface area (Å²) in [6, 6.07) is 4.14. The molecule has 4 nitrogen and oxygen atoms in total. The van der Waals surface area contributed by atoms with Crippen molar-refractivity contribution < 1.29 is 0 Å². The van der Waals surface area contributed by atoms with Crippen molar-refractivity contribution in [2.75, 3.05) is 13.6 Å². The predicted octanol–water partition coefficient (Wildman–Crippen LogP) is 1.06. The van der Waals surface area contributed by atoms with E-state index in [1.807, 2.05) is 13.0 Å². The van der Waals surface area contributed by atoms with Crippen molar-refractivity contribution in [3.63, 3.8) is 0 Å². The van der Waals surface area contributed by atoms with Crippen molar-refractivity contribution in [1.29, 1.82) is 5.26 Å². The zero-order chi connectivity index (χ0) is 12.4. The van der Waals surface area contributed by atoms with Gasteiger partial charge in [-0.05, 0) is 32.0 Å². The van der Waals surface area contributed by atoms with Crippen molar-refractivity contribution in [2.24, 2.45) is 5.92 Å². The van der Waals surface area contributed by atoms with Crippen molar-refractivity contribution in [3.05, 3.63) is 33.2 Å². The first-order valence-corrected chi connectivity index (χ1v) is 5.92. The first kappa shape index (κ1) is 11.9. The van der Waals surface area contributed by atoms with Gasteiger partial charge < -0.3 is 9.88 Å². The van der Waals surface area contributed by atoms with E-state index in [0.29, 0.717) is 6.42 Å². The normalized spacial score (nSPS) is 17.2. The molecule has 1 aromatic rings. The molecule has 0 amide bonds. The highest BCUT2D eigenvalue weighted by Gasteiger charge is 2.16. The minimum absolute atomic E-state index is 0.0320. The standard InChI is InChI=1S/C13H17N3O/c1-9(7-14)5-10-6-11-8-16(2)4-3-12(11)15-13(10)17/h6,9H,3-5,8H2,1-2H3,(H,15,17). The van der Waals surface area contributed by atoms with E-state index in [2.05, 4.69) is 23.0 Å². The second-order valence-corrected chi connectivity index (χ2v) is 4.85. The molecule has 2 heterocycles. The van der Waals surface area contributed by atoms with Crippen LogP contribution in [0.3, 0.4) is 0 Å². The van der Waals surface area contributed by atoms with Gasteiger partial charge >= 0.3 is 0 Å². The lowest BCUT2D eigenvalue weighted by molar-refractivity contribution is 0.309. The molecular weight excluding hydrogens is 214 g/mol. The number of likely N-dealkylation sites (N-methyl/N-ethyl adjacent to an activating group) is 1. The van der Waals surface area contributed by atoms with E-state index in [4.69, 9.17) is 5.26 Å². The van der Waals surface area contributed by atoms with Crippen LogP contribution in [-0.2, 0) is 19.4 Å². The van der Waals surface area contributed by atoms with Gasteiger partial charge in [0.05, 0.1) is 6.07 Å². The lowest BCUT2D eigenvalue weighted by Gasteiger charge is -2.24. The van der Waals surface area contributed by atoms with Crippen LogP contribution in [0.2, 0.25) is 0 Å². The number of hydrogen-bond donors (Lipinski definition) is 1. The quantitative estimate of drug-likeness (QED) is 0.828. The number of pyridine rings is 1. The van der Waals surface area contributed by atoms with Crippen LogP contribution in [0.1, 0.15) is 23.7 Å². The molecule has 1 unspecified atom stereocenters. The summed E-state index contributed by atoms with van der Waals surface area (Å²) in [5.74, 6) is -0.115. The Balaban J connectivity index is 2.33. The van der Waals surface area contributed by atoms with Crippen LogP contribution in [0.5, 0.6) is 0 Å². The van der Waals surface area contributed by atoms with Crippen LogP contribution in [0, 0.1) is 17.2 Å². The lowest BCUT2D eigenvalue weighted by Crippen LogP contribution is -2.30. The Hall–Kier alpha value is -1.60. The number of rotatable bonds is 2. The highest BCUT2D eigenvalue weighted by Crippen LogP contribution is 2.16. The smallest absolute Gasteiger partial charge is 0.251 e. The predicted molar refractivity (Wildman–Crippen MR) is 65.6 cm³/mol. The third-order valence-electron chi connectivity index (χ3n) is 3.22. The number of nitrogens with one attached hydrogen (secondary N) is 1. The SMILES string of the molecule is CC(C#N)Cc1cc2c([nH]c1=O)CCN(C)C2. The topological polar surface area (TPSA) is 59.9 Å². The van der Waals surface area contributed by atoms with Crippen LogP contribution >= 0.6 is 0 Å². The van der Waals surface area contributed by atoms with Crippen LogP contribution < -0.4 is 5.56 Å². The Labute approximate surface area is 101 Å². The molecule has 1 aliphatic heterocycles. The first-order chi connectivity index (χ1) is 8.10. The van der Waals surface area contributed by atoms with E-state index in [1.165, 1.54) is 5.56 Å². The molecule has 4 heteroatoms. The van der Waals surface area contributed by atoms with E-state index < -0.39 is 0 Å². The van der Waals surface area contributed by atoms with Gasteiger partial charge in [-0.15, -0.1) is 0 Å².